The molecule has 0 radical (unpaired) electrons. The van der Waals surface area contributed by atoms with E-state index < -0.39 is 0 Å². The minimum absolute atomic E-state index is 0.0528. The van der Waals surface area contributed by atoms with Crippen LogP contribution in [0, 0.1) is 0 Å². The molecule has 0 aromatic heterocycles. The van der Waals surface area contributed by atoms with Crippen LogP contribution in [-0.2, 0) is 0 Å². The zero-order valence-electron chi connectivity index (χ0n) is 14.8. The molecule has 0 aliphatic carbocycles. The van der Waals surface area contributed by atoms with Crippen molar-refractivity contribution in [2.24, 2.45) is 11.5 Å². The molecule has 0 aliphatic rings. The maximum Gasteiger partial charge on any atom is 0.0166 e. The van der Waals surface area contributed by atoms with Crippen LogP contribution in [0.3, 0.4) is 0 Å². The second-order valence-electron chi connectivity index (χ2n) is 6.63. The van der Waals surface area contributed by atoms with Crippen LogP contribution in [0.2, 0.25) is 0 Å². The Bertz CT molecular complexity index is 195. The predicted octanol–water partition coefficient (Wildman–Crippen LogP) is 3.95. The molecule has 0 bridgehead atoms. The summed E-state index contributed by atoms with van der Waals surface area (Å²) in [6.45, 7) is 7.37. The van der Waals surface area contributed by atoms with Gasteiger partial charge in [0.05, 0.1) is 0 Å². The Labute approximate surface area is 133 Å². The highest BCUT2D eigenvalue weighted by Gasteiger charge is 2.23. The Kier molecular flexibility index (Phi) is 14.7. The summed E-state index contributed by atoms with van der Waals surface area (Å²) in [5, 5.41) is 3.49. The topological polar surface area (TPSA) is 64.1 Å². The lowest BCUT2D eigenvalue weighted by atomic mass is 9.84. The highest BCUT2D eigenvalue weighted by Crippen LogP contribution is 2.23. The van der Waals surface area contributed by atoms with Crippen molar-refractivity contribution in [3.8, 4) is 0 Å². The van der Waals surface area contributed by atoms with E-state index in [0.29, 0.717) is 0 Å². The largest absolute Gasteiger partial charge is 0.330 e. The molecule has 0 aromatic carbocycles. The predicted molar refractivity (Wildman–Crippen MR) is 95.6 cm³/mol. The first-order valence-electron chi connectivity index (χ1n) is 9.38. The van der Waals surface area contributed by atoms with E-state index in [9.17, 15) is 0 Å². The van der Waals surface area contributed by atoms with E-state index in [0.717, 1.165) is 32.5 Å². The van der Waals surface area contributed by atoms with Gasteiger partial charge in [0.25, 0.3) is 0 Å². The van der Waals surface area contributed by atoms with Gasteiger partial charge < -0.3 is 16.8 Å². The lowest BCUT2D eigenvalue weighted by Gasteiger charge is -2.30. The minimum Gasteiger partial charge on any atom is -0.330 e. The fourth-order valence-electron chi connectivity index (χ4n) is 2.87. The summed E-state index contributed by atoms with van der Waals surface area (Å²) in [5.41, 5.74) is 12.3. The first-order valence-corrected chi connectivity index (χ1v) is 9.38. The Hall–Kier alpha value is -0.120. The molecule has 0 fully saturated rings. The SMILES string of the molecule is CCCCCCC(N)(CCCCCC)CCNCCCN. The molecule has 0 spiro atoms. The zero-order chi connectivity index (χ0) is 15.8. The average Bonchev–Trinajstić information content (AvgIpc) is 2.48. The van der Waals surface area contributed by atoms with Gasteiger partial charge in [0.1, 0.15) is 0 Å². The Morgan fingerprint density at radius 1 is 0.714 bits per heavy atom. The Morgan fingerprint density at radius 3 is 1.76 bits per heavy atom. The molecule has 3 heteroatoms. The van der Waals surface area contributed by atoms with Gasteiger partial charge in [0.2, 0.25) is 0 Å². The third-order valence-electron chi connectivity index (χ3n) is 4.41. The summed E-state index contributed by atoms with van der Waals surface area (Å²) in [6.07, 6.45) is 15.1. The van der Waals surface area contributed by atoms with Gasteiger partial charge in [0.15, 0.2) is 0 Å². The van der Waals surface area contributed by atoms with E-state index in [-0.39, 0.29) is 5.54 Å². The van der Waals surface area contributed by atoms with E-state index in [4.69, 9.17) is 11.5 Å². The molecule has 0 aliphatic heterocycles. The monoisotopic (exact) mass is 299 g/mol. The van der Waals surface area contributed by atoms with Crippen molar-refractivity contribution in [3.05, 3.63) is 0 Å². The third kappa shape index (κ3) is 13.3. The molecule has 0 saturated heterocycles. The molecule has 21 heavy (non-hydrogen) atoms. The maximum absolute atomic E-state index is 6.71. The summed E-state index contributed by atoms with van der Waals surface area (Å²) in [7, 11) is 0. The second-order valence-corrected chi connectivity index (χ2v) is 6.63. The highest BCUT2D eigenvalue weighted by atomic mass is 14.9. The van der Waals surface area contributed by atoms with Crippen LogP contribution in [-0.4, -0.2) is 25.2 Å². The number of nitrogens with two attached hydrogens (primary N) is 2. The third-order valence-corrected chi connectivity index (χ3v) is 4.41. The molecule has 0 rings (SSSR count). The molecule has 3 nitrogen and oxygen atoms in total. The normalized spacial score (nSPS) is 12.0. The van der Waals surface area contributed by atoms with Gasteiger partial charge in [-0.1, -0.05) is 65.2 Å². The van der Waals surface area contributed by atoms with Crippen LogP contribution < -0.4 is 16.8 Å². The van der Waals surface area contributed by atoms with Crippen molar-refractivity contribution in [2.75, 3.05) is 19.6 Å². The Morgan fingerprint density at radius 2 is 1.29 bits per heavy atom. The van der Waals surface area contributed by atoms with Gasteiger partial charge in [-0.15, -0.1) is 0 Å². The van der Waals surface area contributed by atoms with Crippen molar-refractivity contribution in [2.45, 2.75) is 96.4 Å². The number of rotatable bonds is 16. The van der Waals surface area contributed by atoms with Gasteiger partial charge in [-0.3, -0.25) is 0 Å². The number of hydrogen-bond acceptors (Lipinski definition) is 3. The molecule has 0 aromatic rings. The van der Waals surface area contributed by atoms with Gasteiger partial charge in [-0.25, -0.2) is 0 Å². The minimum atomic E-state index is 0.0528. The quantitative estimate of drug-likeness (QED) is 0.378. The summed E-state index contributed by atoms with van der Waals surface area (Å²) in [5.74, 6) is 0. The van der Waals surface area contributed by atoms with E-state index in [2.05, 4.69) is 19.2 Å². The summed E-state index contributed by atoms with van der Waals surface area (Å²) in [6, 6.07) is 0. The smallest absolute Gasteiger partial charge is 0.0166 e. The zero-order valence-corrected chi connectivity index (χ0v) is 14.8. The molecular weight excluding hydrogens is 258 g/mol. The first kappa shape index (κ1) is 20.9. The van der Waals surface area contributed by atoms with E-state index in [1.54, 1.807) is 0 Å². The maximum atomic E-state index is 6.71. The fraction of sp³-hybridized carbons (Fsp3) is 1.00. The van der Waals surface area contributed by atoms with Gasteiger partial charge in [0, 0.05) is 5.54 Å². The number of hydrogen-bond donors (Lipinski definition) is 3. The van der Waals surface area contributed by atoms with E-state index >= 15 is 0 Å². The first-order chi connectivity index (χ1) is 10.2. The number of nitrogens with one attached hydrogen (secondary N) is 1. The second kappa shape index (κ2) is 14.8. The highest BCUT2D eigenvalue weighted by molar-refractivity contribution is 4.84. The average molecular weight is 300 g/mol. The summed E-state index contributed by atoms with van der Waals surface area (Å²) < 4.78 is 0. The van der Waals surface area contributed by atoms with Gasteiger partial charge in [-0.05, 0) is 45.3 Å². The van der Waals surface area contributed by atoms with Crippen LogP contribution in [0.25, 0.3) is 0 Å². The standard InChI is InChI=1S/C18H41N3/c1-3-5-7-9-12-18(20,13-10-8-6-4-2)14-17-21-16-11-15-19/h21H,3-17,19-20H2,1-2H3. The van der Waals surface area contributed by atoms with Crippen LogP contribution in [0.4, 0.5) is 0 Å². The number of unbranched alkanes of at least 4 members (excludes halogenated alkanes) is 6. The van der Waals surface area contributed by atoms with E-state index in [1.807, 2.05) is 0 Å². The van der Waals surface area contributed by atoms with Crippen molar-refractivity contribution in [1.29, 1.82) is 0 Å². The van der Waals surface area contributed by atoms with Crippen molar-refractivity contribution >= 4 is 0 Å². The van der Waals surface area contributed by atoms with Crippen molar-refractivity contribution in [3.63, 3.8) is 0 Å². The van der Waals surface area contributed by atoms with E-state index in [1.165, 1.54) is 64.2 Å². The molecular formula is C18H41N3. The molecule has 0 saturated carbocycles. The summed E-state index contributed by atoms with van der Waals surface area (Å²) in [4.78, 5) is 0. The van der Waals surface area contributed by atoms with Crippen LogP contribution in [0.5, 0.6) is 0 Å². The van der Waals surface area contributed by atoms with Crippen molar-refractivity contribution in [1.82, 2.24) is 5.32 Å². The molecule has 0 atom stereocenters. The molecule has 128 valence electrons. The lowest BCUT2D eigenvalue weighted by Crippen LogP contribution is -2.42. The molecule has 0 amide bonds. The van der Waals surface area contributed by atoms with Crippen molar-refractivity contribution < 1.29 is 0 Å². The van der Waals surface area contributed by atoms with Crippen LogP contribution in [0.15, 0.2) is 0 Å². The summed E-state index contributed by atoms with van der Waals surface area (Å²) >= 11 is 0. The van der Waals surface area contributed by atoms with Gasteiger partial charge in [-0.2, -0.15) is 0 Å². The van der Waals surface area contributed by atoms with Gasteiger partial charge >= 0.3 is 0 Å². The molecule has 0 heterocycles. The Balaban J connectivity index is 3.98. The van der Waals surface area contributed by atoms with Crippen LogP contribution in [0.1, 0.15) is 90.9 Å². The fourth-order valence-corrected chi connectivity index (χ4v) is 2.87. The molecule has 0 unspecified atom stereocenters. The lowest BCUT2D eigenvalue weighted by molar-refractivity contribution is 0.310. The van der Waals surface area contributed by atoms with Crippen LogP contribution >= 0.6 is 0 Å². The molecule has 5 N–H and O–H groups in total.